The lowest BCUT2D eigenvalue weighted by Crippen LogP contribution is -2.22. The number of esters is 2. The van der Waals surface area contributed by atoms with E-state index >= 15 is 0 Å². The van der Waals surface area contributed by atoms with Crippen molar-refractivity contribution in [2.45, 2.75) is 13.8 Å². The molecule has 0 atom stereocenters. The Bertz CT molecular complexity index is 436. The molecule has 0 aliphatic rings. The van der Waals surface area contributed by atoms with E-state index in [0.29, 0.717) is 0 Å². The largest absolute Gasteiger partial charge is 0.463 e. The van der Waals surface area contributed by atoms with Crippen LogP contribution in [0.1, 0.15) is 13.8 Å². The highest BCUT2D eigenvalue weighted by Crippen LogP contribution is 2.07. The summed E-state index contributed by atoms with van der Waals surface area (Å²) in [4.78, 5) is 22.5. The number of sulfone groups is 1. The van der Waals surface area contributed by atoms with Gasteiger partial charge in [0, 0.05) is 11.1 Å². The fraction of sp³-hybridized carbons (Fsp3) is 0.500. The minimum Gasteiger partial charge on any atom is -0.463 e. The third-order valence-electron chi connectivity index (χ3n) is 1.92. The zero-order valence-corrected chi connectivity index (χ0v) is 11.9. The van der Waals surface area contributed by atoms with Crippen LogP contribution in [-0.4, -0.2) is 45.1 Å². The van der Waals surface area contributed by atoms with E-state index in [0.717, 1.165) is 0 Å². The number of carbonyl (C=O) groups is 2. The van der Waals surface area contributed by atoms with Gasteiger partial charge in [0.05, 0.1) is 24.7 Å². The molecule has 0 radical (unpaired) electrons. The van der Waals surface area contributed by atoms with Crippen LogP contribution in [0, 0.1) is 0 Å². The van der Waals surface area contributed by atoms with Crippen molar-refractivity contribution >= 4 is 21.8 Å². The second kappa shape index (κ2) is 7.73. The second-order valence-corrected chi connectivity index (χ2v) is 5.74. The Labute approximate surface area is 113 Å². The molecule has 0 aliphatic heterocycles. The van der Waals surface area contributed by atoms with Crippen molar-refractivity contribution in [2.75, 3.05) is 24.7 Å². The molecule has 6 nitrogen and oxygen atoms in total. The highest BCUT2D eigenvalue weighted by molar-refractivity contribution is 7.91. The second-order valence-electron chi connectivity index (χ2n) is 3.68. The molecule has 0 heterocycles. The van der Waals surface area contributed by atoms with Gasteiger partial charge in [-0.2, -0.15) is 0 Å². The Morgan fingerprint density at radius 1 is 0.895 bits per heavy atom. The van der Waals surface area contributed by atoms with E-state index in [-0.39, 0.29) is 24.4 Å². The fourth-order valence-electron chi connectivity index (χ4n) is 1.17. The van der Waals surface area contributed by atoms with Crippen LogP contribution in [0.5, 0.6) is 0 Å². The van der Waals surface area contributed by atoms with Gasteiger partial charge in [-0.1, -0.05) is 13.2 Å². The third kappa shape index (κ3) is 6.76. The molecule has 108 valence electrons. The molecular formula is C12H18O6S. The van der Waals surface area contributed by atoms with Gasteiger partial charge in [0.25, 0.3) is 0 Å². The Balaban J connectivity index is 4.57. The quantitative estimate of drug-likeness (QED) is 0.481. The Kier molecular flexibility index (Phi) is 7.06. The normalized spacial score (nSPS) is 10.6. The van der Waals surface area contributed by atoms with Gasteiger partial charge in [-0.15, -0.1) is 0 Å². The molecule has 0 aliphatic carbocycles. The van der Waals surface area contributed by atoms with E-state index < -0.39 is 33.3 Å². The SMILES string of the molecule is C=C(CS(=O)(=O)CC(=C)C(=O)OCC)C(=O)OCC. The van der Waals surface area contributed by atoms with Gasteiger partial charge in [-0.25, -0.2) is 18.0 Å². The predicted molar refractivity (Wildman–Crippen MR) is 70.2 cm³/mol. The summed E-state index contributed by atoms with van der Waals surface area (Å²) in [6.45, 7) is 10.2. The van der Waals surface area contributed by atoms with Gasteiger partial charge < -0.3 is 9.47 Å². The van der Waals surface area contributed by atoms with Crippen LogP contribution < -0.4 is 0 Å². The summed E-state index contributed by atoms with van der Waals surface area (Å²) in [5.74, 6) is -2.70. The van der Waals surface area contributed by atoms with Crippen LogP contribution in [0.2, 0.25) is 0 Å². The molecule has 7 heteroatoms. The molecule has 0 rings (SSSR count). The summed E-state index contributed by atoms with van der Waals surface area (Å²) in [5, 5.41) is 0. The Morgan fingerprint density at radius 3 is 1.47 bits per heavy atom. The van der Waals surface area contributed by atoms with Gasteiger partial charge in [-0.05, 0) is 13.8 Å². The highest BCUT2D eigenvalue weighted by atomic mass is 32.2. The zero-order chi connectivity index (χ0) is 15.1. The summed E-state index contributed by atoms with van der Waals surface area (Å²) in [7, 11) is -3.71. The van der Waals surface area contributed by atoms with E-state index in [1.54, 1.807) is 13.8 Å². The third-order valence-corrected chi connectivity index (χ3v) is 3.49. The van der Waals surface area contributed by atoms with E-state index in [1.165, 1.54) is 0 Å². The molecule has 0 saturated heterocycles. The number of hydrogen-bond donors (Lipinski definition) is 0. The Hall–Kier alpha value is -1.63. The first kappa shape index (κ1) is 17.4. The average molecular weight is 290 g/mol. The van der Waals surface area contributed by atoms with Crippen LogP contribution in [0.3, 0.4) is 0 Å². The Morgan fingerprint density at radius 2 is 1.21 bits per heavy atom. The maximum atomic E-state index is 11.7. The lowest BCUT2D eigenvalue weighted by molar-refractivity contribution is -0.139. The topological polar surface area (TPSA) is 86.7 Å². The summed E-state index contributed by atoms with van der Waals surface area (Å²) in [6.07, 6.45) is 0. The number of ether oxygens (including phenoxy) is 2. The van der Waals surface area contributed by atoms with Crippen molar-refractivity contribution in [1.29, 1.82) is 0 Å². The lowest BCUT2D eigenvalue weighted by atomic mass is 10.3. The molecule has 0 bridgehead atoms. The zero-order valence-electron chi connectivity index (χ0n) is 11.1. The fourth-order valence-corrected chi connectivity index (χ4v) is 2.57. The molecule has 0 unspecified atom stereocenters. The molecule has 0 aromatic rings. The first-order valence-corrected chi connectivity index (χ1v) is 7.45. The number of carbonyl (C=O) groups excluding carboxylic acids is 2. The number of rotatable bonds is 8. The van der Waals surface area contributed by atoms with Crippen molar-refractivity contribution in [2.24, 2.45) is 0 Å². The van der Waals surface area contributed by atoms with Crippen molar-refractivity contribution in [1.82, 2.24) is 0 Å². The summed E-state index contributed by atoms with van der Waals surface area (Å²) >= 11 is 0. The van der Waals surface area contributed by atoms with Crippen molar-refractivity contribution in [3.63, 3.8) is 0 Å². The van der Waals surface area contributed by atoms with Gasteiger partial charge in [-0.3, -0.25) is 0 Å². The molecular weight excluding hydrogens is 272 g/mol. The predicted octanol–water partition coefficient (Wildman–Crippen LogP) is 0.640. The number of hydrogen-bond acceptors (Lipinski definition) is 6. The smallest absolute Gasteiger partial charge is 0.334 e. The summed E-state index contributed by atoms with van der Waals surface area (Å²) in [5.41, 5.74) is -0.364. The van der Waals surface area contributed by atoms with Crippen LogP contribution in [0.15, 0.2) is 24.3 Å². The monoisotopic (exact) mass is 290 g/mol. The molecule has 0 saturated carbocycles. The highest BCUT2D eigenvalue weighted by Gasteiger charge is 2.22. The summed E-state index contributed by atoms with van der Waals surface area (Å²) in [6, 6.07) is 0. The average Bonchev–Trinajstić information content (AvgIpc) is 2.28. The van der Waals surface area contributed by atoms with Crippen LogP contribution in [-0.2, 0) is 28.9 Å². The first-order valence-electron chi connectivity index (χ1n) is 5.63. The van der Waals surface area contributed by atoms with Crippen LogP contribution >= 0.6 is 0 Å². The van der Waals surface area contributed by atoms with E-state index in [9.17, 15) is 18.0 Å². The van der Waals surface area contributed by atoms with Crippen molar-refractivity contribution < 1.29 is 27.5 Å². The van der Waals surface area contributed by atoms with Crippen molar-refractivity contribution in [3.8, 4) is 0 Å². The molecule has 0 amide bonds. The lowest BCUT2D eigenvalue weighted by Gasteiger charge is -2.08. The van der Waals surface area contributed by atoms with Gasteiger partial charge >= 0.3 is 11.9 Å². The molecule has 19 heavy (non-hydrogen) atoms. The molecule has 0 aromatic heterocycles. The van der Waals surface area contributed by atoms with Crippen LogP contribution in [0.4, 0.5) is 0 Å². The minimum absolute atomic E-state index is 0.132. The van der Waals surface area contributed by atoms with E-state index in [4.69, 9.17) is 0 Å². The molecule has 0 fully saturated rings. The summed E-state index contributed by atoms with van der Waals surface area (Å²) < 4.78 is 32.7. The molecule has 0 N–H and O–H groups in total. The van der Waals surface area contributed by atoms with Gasteiger partial charge in [0.1, 0.15) is 0 Å². The minimum atomic E-state index is -3.71. The maximum Gasteiger partial charge on any atom is 0.334 e. The van der Waals surface area contributed by atoms with E-state index in [1.807, 2.05) is 0 Å². The molecule has 0 aromatic carbocycles. The van der Waals surface area contributed by atoms with Gasteiger partial charge in [0.2, 0.25) is 0 Å². The van der Waals surface area contributed by atoms with Gasteiger partial charge in [0.15, 0.2) is 9.84 Å². The van der Waals surface area contributed by atoms with Crippen LogP contribution in [0.25, 0.3) is 0 Å². The van der Waals surface area contributed by atoms with Crippen molar-refractivity contribution in [3.05, 3.63) is 24.3 Å². The molecule has 0 spiro atoms. The van der Waals surface area contributed by atoms with E-state index in [2.05, 4.69) is 22.6 Å². The first-order chi connectivity index (χ1) is 8.73. The standard InChI is InChI=1S/C12H18O6S/c1-5-17-11(13)9(3)7-19(15,16)8-10(4)12(14)18-6-2/h3-8H2,1-2H3. The maximum absolute atomic E-state index is 11.7.